The quantitative estimate of drug-likeness (QED) is 0.703. The van der Waals surface area contributed by atoms with Gasteiger partial charge in [0.05, 0.1) is 6.10 Å². The Hall–Kier alpha value is -1.02. The standard InChI is InChI=1S/C16H27NO/c1-13(2)8-7-11-17-12-15-9-5-6-10-16(15)18-14(3)4/h5-6,9-10,13-14,17H,7-8,11-12H2,1-4H3. The van der Waals surface area contributed by atoms with Crippen LogP contribution in [0.15, 0.2) is 24.3 Å². The summed E-state index contributed by atoms with van der Waals surface area (Å²) in [5.74, 6) is 1.80. The molecule has 0 unspecified atom stereocenters. The Bertz CT molecular complexity index is 334. The van der Waals surface area contributed by atoms with Crippen molar-refractivity contribution in [1.82, 2.24) is 5.32 Å². The Labute approximate surface area is 112 Å². The molecule has 2 nitrogen and oxygen atoms in total. The summed E-state index contributed by atoms with van der Waals surface area (Å²) in [6.45, 7) is 10.6. The molecule has 0 atom stereocenters. The summed E-state index contributed by atoms with van der Waals surface area (Å²) >= 11 is 0. The third-order valence-corrected chi connectivity index (χ3v) is 2.79. The van der Waals surface area contributed by atoms with Crippen LogP contribution >= 0.6 is 0 Å². The molecular formula is C16H27NO. The Balaban J connectivity index is 2.37. The van der Waals surface area contributed by atoms with E-state index < -0.39 is 0 Å². The molecule has 0 aliphatic carbocycles. The molecule has 0 fully saturated rings. The van der Waals surface area contributed by atoms with Gasteiger partial charge in [-0.1, -0.05) is 32.0 Å². The van der Waals surface area contributed by atoms with Crippen molar-refractivity contribution in [2.45, 2.75) is 53.2 Å². The van der Waals surface area contributed by atoms with Crippen molar-refractivity contribution in [2.24, 2.45) is 5.92 Å². The number of hydrogen-bond acceptors (Lipinski definition) is 2. The van der Waals surface area contributed by atoms with Crippen LogP contribution in [0.25, 0.3) is 0 Å². The van der Waals surface area contributed by atoms with E-state index in [4.69, 9.17) is 4.74 Å². The molecule has 0 amide bonds. The van der Waals surface area contributed by atoms with Gasteiger partial charge in [0, 0.05) is 12.1 Å². The first-order valence-corrected chi connectivity index (χ1v) is 7.05. The molecule has 0 spiro atoms. The smallest absolute Gasteiger partial charge is 0.124 e. The third kappa shape index (κ3) is 6.06. The minimum Gasteiger partial charge on any atom is -0.491 e. The molecule has 0 saturated carbocycles. The van der Waals surface area contributed by atoms with Crippen molar-refractivity contribution in [3.05, 3.63) is 29.8 Å². The van der Waals surface area contributed by atoms with Gasteiger partial charge in [-0.15, -0.1) is 0 Å². The molecule has 0 aromatic heterocycles. The summed E-state index contributed by atoms with van der Waals surface area (Å²) in [5, 5.41) is 3.49. The first-order valence-electron chi connectivity index (χ1n) is 7.05. The van der Waals surface area contributed by atoms with Gasteiger partial charge in [-0.05, 0) is 45.2 Å². The van der Waals surface area contributed by atoms with Crippen LogP contribution in [0.3, 0.4) is 0 Å². The van der Waals surface area contributed by atoms with Crippen LogP contribution in [-0.4, -0.2) is 12.6 Å². The number of para-hydroxylation sites is 1. The van der Waals surface area contributed by atoms with E-state index in [0.717, 1.165) is 24.8 Å². The van der Waals surface area contributed by atoms with Gasteiger partial charge in [0.2, 0.25) is 0 Å². The Kier molecular flexibility index (Phi) is 6.81. The molecule has 1 rings (SSSR count). The molecule has 102 valence electrons. The number of rotatable bonds is 8. The van der Waals surface area contributed by atoms with Crippen molar-refractivity contribution >= 4 is 0 Å². The highest BCUT2D eigenvalue weighted by Gasteiger charge is 2.04. The van der Waals surface area contributed by atoms with E-state index in [1.54, 1.807) is 0 Å². The van der Waals surface area contributed by atoms with Gasteiger partial charge in [-0.3, -0.25) is 0 Å². The second-order valence-electron chi connectivity index (χ2n) is 5.49. The van der Waals surface area contributed by atoms with E-state index in [-0.39, 0.29) is 6.10 Å². The van der Waals surface area contributed by atoms with Crippen LogP contribution in [0.4, 0.5) is 0 Å². The van der Waals surface area contributed by atoms with Gasteiger partial charge in [-0.25, -0.2) is 0 Å². The molecule has 0 heterocycles. The summed E-state index contributed by atoms with van der Waals surface area (Å²) in [5.41, 5.74) is 1.25. The van der Waals surface area contributed by atoms with Crippen molar-refractivity contribution in [3.8, 4) is 5.75 Å². The number of nitrogens with one attached hydrogen (secondary N) is 1. The second kappa shape index (κ2) is 8.15. The van der Waals surface area contributed by atoms with Crippen molar-refractivity contribution in [3.63, 3.8) is 0 Å². The van der Waals surface area contributed by atoms with Gasteiger partial charge < -0.3 is 10.1 Å². The lowest BCUT2D eigenvalue weighted by Gasteiger charge is -2.14. The van der Waals surface area contributed by atoms with Gasteiger partial charge in [0.25, 0.3) is 0 Å². The van der Waals surface area contributed by atoms with E-state index >= 15 is 0 Å². The van der Waals surface area contributed by atoms with Crippen molar-refractivity contribution < 1.29 is 4.74 Å². The molecule has 0 aliphatic heterocycles. The Morgan fingerprint density at radius 1 is 1.11 bits per heavy atom. The monoisotopic (exact) mass is 249 g/mol. The fraction of sp³-hybridized carbons (Fsp3) is 0.625. The molecule has 0 saturated heterocycles. The van der Waals surface area contributed by atoms with Gasteiger partial charge in [0.1, 0.15) is 5.75 Å². The minimum absolute atomic E-state index is 0.229. The normalized spacial score (nSPS) is 11.2. The van der Waals surface area contributed by atoms with Crippen molar-refractivity contribution in [2.75, 3.05) is 6.54 Å². The van der Waals surface area contributed by atoms with Gasteiger partial charge in [-0.2, -0.15) is 0 Å². The molecule has 1 N–H and O–H groups in total. The Morgan fingerprint density at radius 2 is 1.83 bits per heavy atom. The maximum atomic E-state index is 5.80. The summed E-state index contributed by atoms with van der Waals surface area (Å²) in [4.78, 5) is 0. The number of benzene rings is 1. The average molecular weight is 249 g/mol. The molecule has 1 aromatic carbocycles. The van der Waals surface area contributed by atoms with Crippen LogP contribution in [0.5, 0.6) is 5.75 Å². The van der Waals surface area contributed by atoms with Crippen LogP contribution < -0.4 is 10.1 Å². The lowest BCUT2D eigenvalue weighted by atomic mass is 10.1. The third-order valence-electron chi connectivity index (χ3n) is 2.79. The number of hydrogen-bond donors (Lipinski definition) is 1. The zero-order chi connectivity index (χ0) is 13.4. The maximum absolute atomic E-state index is 5.80. The number of ether oxygens (including phenoxy) is 1. The predicted octanol–water partition coefficient (Wildman–Crippen LogP) is 4.00. The van der Waals surface area contributed by atoms with E-state index in [1.807, 2.05) is 12.1 Å². The zero-order valence-corrected chi connectivity index (χ0v) is 12.2. The molecule has 2 heteroatoms. The summed E-state index contributed by atoms with van der Waals surface area (Å²) in [6, 6.07) is 8.27. The highest BCUT2D eigenvalue weighted by Crippen LogP contribution is 2.19. The summed E-state index contributed by atoms with van der Waals surface area (Å²) in [6.07, 6.45) is 2.76. The van der Waals surface area contributed by atoms with E-state index in [9.17, 15) is 0 Å². The first kappa shape index (κ1) is 15.0. The van der Waals surface area contributed by atoms with Gasteiger partial charge in [0.15, 0.2) is 0 Å². The van der Waals surface area contributed by atoms with E-state index in [1.165, 1.54) is 18.4 Å². The van der Waals surface area contributed by atoms with Crippen LogP contribution in [0.2, 0.25) is 0 Å². The van der Waals surface area contributed by atoms with Crippen LogP contribution in [-0.2, 0) is 6.54 Å². The summed E-state index contributed by atoms with van der Waals surface area (Å²) in [7, 11) is 0. The predicted molar refractivity (Wildman–Crippen MR) is 78.0 cm³/mol. The van der Waals surface area contributed by atoms with E-state index in [0.29, 0.717) is 0 Å². The van der Waals surface area contributed by atoms with Crippen molar-refractivity contribution in [1.29, 1.82) is 0 Å². The second-order valence-corrected chi connectivity index (χ2v) is 5.49. The Morgan fingerprint density at radius 3 is 2.50 bits per heavy atom. The highest BCUT2D eigenvalue weighted by atomic mass is 16.5. The minimum atomic E-state index is 0.229. The first-order chi connectivity index (χ1) is 8.59. The largest absolute Gasteiger partial charge is 0.491 e. The molecule has 0 radical (unpaired) electrons. The molecule has 0 bridgehead atoms. The van der Waals surface area contributed by atoms with E-state index in [2.05, 4.69) is 45.1 Å². The topological polar surface area (TPSA) is 21.3 Å². The lowest BCUT2D eigenvalue weighted by molar-refractivity contribution is 0.239. The average Bonchev–Trinajstić information content (AvgIpc) is 2.29. The maximum Gasteiger partial charge on any atom is 0.124 e. The molecule has 1 aromatic rings. The van der Waals surface area contributed by atoms with Crippen LogP contribution in [0, 0.1) is 5.92 Å². The highest BCUT2D eigenvalue weighted by molar-refractivity contribution is 5.33. The fourth-order valence-corrected chi connectivity index (χ4v) is 1.88. The molecule has 0 aliphatic rings. The SMILES string of the molecule is CC(C)CCCNCc1ccccc1OC(C)C. The van der Waals surface area contributed by atoms with Gasteiger partial charge >= 0.3 is 0 Å². The molecule has 18 heavy (non-hydrogen) atoms. The lowest BCUT2D eigenvalue weighted by Crippen LogP contribution is -2.17. The van der Waals surface area contributed by atoms with Crippen LogP contribution in [0.1, 0.15) is 46.1 Å². The zero-order valence-electron chi connectivity index (χ0n) is 12.2. The molecular weight excluding hydrogens is 222 g/mol. The summed E-state index contributed by atoms with van der Waals surface area (Å²) < 4.78 is 5.80. The fourth-order valence-electron chi connectivity index (χ4n) is 1.88.